The summed E-state index contributed by atoms with van der Waals surface area (Å²) in [5.74, 6) is -0.596. The number of aromatic nitrogens is 1. The maximum absolute atomic E-state index is 12.8. The first kappa shape index (κ1) is 11.9. The van der Waals surface area contributed by atoms with Crippen LogP contribution in [-0.4, -0.2) is 33.9 Å². The van der Waals surface area contributed by atoms with E-state index in [2.05, 4.69) is 10.3 Å². The summed E-state index contributed by atoms with van der Waals surface area (Å²) in [5.41, 5.74) is -0.319. The minimum absolute atomic E-state index is 0.218. The Kier molecular flexibility index (Phi) is 3.99. The van der Waals surface area contributed by atoms with Crippen LogP contribution in [0.1, 0.15) is 13.3 Å². The first-order valence-electron chi connectivity index (χ1n) is 4.77. The van der Waals surface area contributed by atoms with Crippen LogP contribution in [-0.2, 0) is 0 Å². The second kappa shape index (κ2) is 5.04. The molecule has 1 heterocycles. The highest BCUT2D eigenvalue weighted by molar-refractivity contribution is 5.44. The maximum atomic E-state index is 12.8. The average molecular weight is 214 g/mol. The van der Waals surface area contributed by atoms with Crippen molar-refractivity contribution in [2.75, 3.05) is 18.5 Å². The molecule has 84 valence electrons. The van der Waals surface area contributed by atoms with Crippen LogP contribution in [0.15, 0.2) is 18.3 Å². The monoisotopic (exact) mass is 214 g/mol. The Morgan fingerprint density at radius 1 is 1.47 bits per heavy atom. The molecule has 4 nitrogen and oxygen atoms in total. The Labute approximate surface area is 87.8 Å². The van der Waals surface area contributed by atoms with Gasteiger partial charge in [0.25, 0.3) is 0 Å². The van der Waals surface area contributed by atoms with Gasteiger partial charge in [0.2, 0.25) is 5.95 Å². The molecule has 0 unspecified atom stereocenters. The van der Waals surface area contributed by atoms with Crippen molar-refractivity contribution in [2.24, 2.45) is 0 Å². The van der Waals surface area contributed by atoms with Crippen LogP contribution in [0.4, 0.5) is 10.1 Å². The molecule has 1 rings (SSSR count). The molecule has 0 atom stereocenters. The van der Waals surface area contributed by atoms with E-state index in [0.717, 1.165) is 0 Å². The second-order valence-electron chi connectivity index (χ2n) is 3.44. The maximum Gasteiger partial charge on any atom is 0.214 e. The molecular formula is C10H15FN2O2. The van der Waals surface area contributed by atoms with Gasteiger partial charge >= 0.3 is 0 Å². The highest BCUT2D eigenvalue weighted by Crippen LogP contribution is 2.18. The van der Waals surface area contributed by atoms with Gasteiger partial charge in [0.1, 0.15) is 0 Å². The second-order valence-corrected chi connectivity index (χ2v) is 3.44. The van der Waals surface area contributed by atoms with Crippen molar-refractivity contribution in [3.8, 4) is 0 Å². The molecular weight excluding hydrogens is 199 g/mol. The van der Waals surface area contributed by atoms with Gasteiger partial charge in [-0.1, -0.05) is 6.92 Å². The third-order valence-corrected chi connectivity index (χ3v) is 2.42. The molecule has 0 spiro atoms. The third kappa shape index (κ3) is 2.87. The minimum Gasteiger partial charge on any atom is -0.394 e. The molecule has 0 aromatic carbocycles. The van der Waals surface area contributed by atoms with Gasteiger partial charge in [0, 0.05) is 18.0 Å². The van der Waals surface area contributed by atoms with Crippen LogP contribution in [0.3, 0.4) is 0 Å². The molecule has 0 aliphatic rings. The number of aliphatic hydroxyl groups is 2. The smallest absolute Gasteiger partial charge is 0.214 e. The van der Waals surface area contributed by atoms with Crippen molar-refractivity contribution in [1.29, 1.82) is 0 Å². The van der Waals surface area contributed by atoms with Crippen molar-refractivity contribution >= 4 is 5.69 Å². The first-order valence-corrected chi connectivity index (χ1v) is 4.77. The zero-order chi connectivity index (χ0) is 11.3. The number of nitrogens with zero attached hydrogens (tertiary/aromatic N) is 1. The Morgan fingerprint density at radius 3 is 2.60 bits per heavy atom. The highest BCUT2D eigenvalue weighted by Gasteiger charge is 2.26. The lowest BCUT2D eigenvalue weighted by atomic mass is 9.98. The fourth-order valence-electron chi connectivity index (χ4n) is 1.23. The lowest BCUT2D eigenvalue weighted by molar-refractivity contribution is 0.132. The van der Waals surface area contributed by atoms with E-state index in [1.807, 2.05) is 6.92 Å². The van der Waals surface area contributed by atoms with Crippen LogP contribution in [0.2, 0.25) is 0 Å². The molecule has 5 heteroatoms. The van der Waals surface area contributed by atoms with E-state index in [1.165, 1.54) is 12.3 Å². The SMILES string of the molecule is CCC(CO)(CO)Nc1ccnc(F)c1. The van der Waals surface area contributed by atoms with Gasteiger partial charge in [-0.15, -0.1) is 0 Å². The lowest BCUT2D eigenvalue weighted by Crippen LogP contribution is -2.45. The van der Waals surface area contributed by atoms with Crippen LogP contribution in [0.25, 0.3) is 0 Å². The quantitative estimate of drug-likeness (QED) is 0.633. The number of hydrogen-bond acceptors (Lipinski definition) is 4. The standard InChI is InChI=1S/C10H15FN2O2/c1-2-10(6-14,7-15)13-8-3-4-12-9(11)5-8/h3-5,14-15H,2,6-7H2,1H3,(H,12,13). The lowest BCUT2D eigenvalue weighted by Gasteiger charge is -2.30. The van der Waals surface area contributed by atoms with Gasteiger partial charge < -0.3 is 15.5 Å². The van der Waals surface area contributed by atoms with Crippen LogP contribution >= 0.6 is 0 Å². The molecule has 0 aliphatic heterocycles. The van der Waals surface area contributed by atoms with Gasteiger partial charge in [-0.25, -0.2) is 4.98 Å². The Balaban J connectivity index is 2.82. The van der Waals surface area contributed by atoms with Gasteiger partial charge in [0.15, 0.2) is 0 Å². The van der Waals surface area contributed by atoms with E-state index in [0.29, 0.717) is 12.1 Å². The summed E-state index contributed by atoms with van der Waals surface area (Å²) in [5, 5.41) is 21.3. The zero-order valence-corrected chi connectivity index (χ0v) is 8.57. The molecule has 1 aromatic rings. The first-order chi connectivity index (χ1) is 7.15. The number of aliphatic hydroxyl groups excluding tert-OH is 2. The number of anilines is 1. The van der Waals surface area contributed by atoms with Crippen LogP contribution in [0.5, 0.6) is 0 Å². The van der Waals surface area contributed by atoms with Crippen molar-refractivity contribution < 1.29 is 14.6 Å². The Hall–Kier alpha value is -1.20. The number of hydrogen-bond donors (Lipinski definition) is 3. The van der Waals surface area contributed by atoms with Crippen LogP contribution in [0, 0.1) is 5.95 Å². The molecule has 0 saturated heterocycles. The van der Waals surface area contributed by atoms with Gasteiger partial charge in [-0.05, 0) is 12.5 Å². The summed E-state index contributed by atoms with van der Waals surface area (Å²) in [6.07, 6.45) is 1.86. The summed E-state index contributed by atoms with van der Waals surface area (Å²) in [4.78, 5) is 3.42. The molecule has 0 aliphatic carbocycles. The summed E-state index contributed by atoms with van der Waals surface area (Å²) >= 11 is 0. The largest absolute Gasteiger partial charge is 0.394 e. The molecule has 1 aromatic heterocycles. The fourth-order valence-corrected chi connectivity index (χ4v) is 1.23. The van der Waals surface area contributed by atoms with Crippen molar-refractivity contribution in [1.82, 2.24) is 4.98 Å². The molecule has 0 bridgehead atoms. The number of pyridine rings is 1. The van der Waals surface area contributed by atoms with E-state index < -0.39 is 11.5 Å². The summed E-state index contributed by atoms with van der Waals surface area (Å²) in [6.45, 7) is 1.39. The number of halogens is 1. The van der Waals surface area contributed by atoms with Crippen molar-refractivity contribution in [2.45, 2.75) is 18.9 Å². The van der Waals surface area contributed by atoms with Crippen molar-refractivity contribution in [3.05, 3.63) is 24.3 Å². The molecule has 0 saturated carbocycles. The van der Waals surface area contributed by atoms with Gasteiger partial charge in [-0.3, -0.25) is 0 Å². The topological polar surface area (TPSA) is 65.4 Å². The zero-order valence-electron chi connectivity index (χ0n) is 8.57. The summed E-state index contributed by atoms with van der Waals surface area (Å²) in [7, 11) is 0. The van der Waals surface area contributed by atoms with E-state index in [1.54, 1.807) is 6.07 Å². The van der Waals surface area contributed by atoms with E-state index >= 15 is 0 Å². The summed E-state index contributed by atoms with van der Waals surface area (Å²) in [6, 6.07) is 2.80. The van der Waals surface area contributed by atoms with E-state index in [-0.39, 0.29) is 13.2 Å². The van der Waals surface area contributed by atoms with Crippen molar-refractivity contribution in [3.63, 3.8) is 0 Å². The fraction of sp³-hybridized carbons (Fsp3) is 0.500. The molecule has 15 heavy (non-hydrogen) atoms. The normalized spacial score (nSPS) is 11.5. The predicted octanol–water partition coefficient (Wildman–Crippen LogP) is 0.766. The number of nitrogens with one attached hydrogen (secondary N) is 1. The molecule has 0 radical (unpaired) electrons. The Morgan fingerprint density at radius 2 is 2.13 bits per heavy atom. The van der Waals surface area contributed by atoms with Gasteiger partial charge in [-0.2, -0.15) is 4.39 Å². The highest BCUT2D eigenvalue weighted by atomic mass is 19.1. The Bertz CT molecular complexity index is 308. The van der Waals surface area contributed by atoms with E-state index in [9.17, 15) is 14.6 Å². The number of rotatable bonds is 5. The van der Waals surface area contributed by atoms with Gasteiger partial charge in [0.05, 0.1) is 18.8 Å². The molecule has 0 amide bonds. The summed E-state index contributed by atoms with van der Waals surface area (Å²) < 4.78 is 12.8. The molecule has 0 fully saturated rings. The van der Waals surface area contributed by atoms with Crippen LogP contribution < -0.4 is 5.32 Å². The molecule has 3 N–H and O–H groups in total. The predicted molar refractivity (Wildman–Crippen MR) is 55.0 cm³/mol. The average Bonchev–Trinajstić information content (AvgIpc) is 2.26. The third-order valence-electron chi connectivity index (χ3n) is 2.42. The minimum atomic E-state index is -0.812. The van der Waals surface area contributed by atoms with E-state index in [4.69, 9.17) is 0 Å².